The van der Waals surface area contributed by atoms with Crippen molar-refractivity contribution in [1.29, 1.82) is 0 Å². The normalized spacial score (nSPS) is 20.0. The van der Waals surface area contributed by atoms with Crippen molar-refractivity contribution in [2.45, 2.75) is 31.2 Å². The van der Waals surface area contributed by atoms with Crippen molar-refractivity contribution in [3.63, 3.8) is 0 Å². The van der Waals surface area contributed by atoms with Crippen LogP contribution in [0.25, 0.3) is 0 Å². The summed E-state index contributed by atoms with van der Waals surface area (Å²) in [4.78, 5) is 0. The quantitative estimate of drug-likeness (QED) is 0.518. The Bertz CT molecular complexity index is 164. The van der Waals surface area contributed by atoms with Crippen molar-refractivity contribution in [3.8, 4) is 0 Å². The summed E-state index contributed by atoms with van der Waals surface area (Å²) in [5, 5.41) is 2.33. The molecule has 0 heterocycles. The van der Waals surface area contributed by atoms with E-state index in [0.29, 0.717) is 0 Å². The molecule has 1 saturated carbocycles. The Labute approximate surface area is 79.5 Å². The van der Waals surface area contributed by atoms with E-state index >= 15 is 0 Å². The van der Waals surface area contributed by atoms with E-state index in [-0.39, 0.29) is 20.4 Å². The number of hydrogen-bond donors (Lipinski definition) is 0. The van der Waals surface area contributed by atoms with Crippen LogP contribution in [0.2, 0.25) is 5.05 Å². The van der Waals surface area contributed by atoms with Crippen LogP contribution < -0.4 is 0 Å². The Morgan fingerprint density at radius 3 is 2.27 bits per heavy atom. The van der Waals surface area contributed by atoms with Gasteiger partial charge in [-0.1, -0.05) is 38.0 Å². The lowest BCUT2D eigenvalue weighted by atomic mass is 10.5. The van der Waals surface area contributed by atoms with Gasteiger partial charge in [-0.05, 0) is 12.3 Å². The molecule has 0 N–H and O–H groups in total. The fraction of sp³-hybridized carbons (Fsp3) is 0.600. The van der Waals surface area contributed by atoms with Gasteiger partial charge in [-0.15, -0.1) is 0 Å². The van der Waals surface area contributed by atoms with Gasteiger partial charge in [0.15, 0.2) is 0 Å². The molecule has 2 rings (SSSR count). The lowest BCUT2D eigenvalue weighted by Crippen LogP contribution is -1.83. The van der Waals surface area contributed by atoms with Crippen LogP contribution in [0.5, 0.6) is 0 Å². The monoisotopic (exact) mass is 160 g/mol. The zero-order valence-corrected chi connectivity index (χ0v) is 9.05. The van der Waals surface area contributed by atoms with Crippen LogP contribution in [0.3, 0.4) is 0 Å². The SMILES string of the molecule is CC1CC1.[CH3][Mg][C]1=CC=CC1. The molecule has 0 aromatic rings. The first kappa shape index (κ1) is 9.34. The Morgan fingerprint density at radius 1 is 1.45 bits per heavy atom. The minimum Gasteiger partial charge on any atom is -0.191 e. The zero-order valence-electron chi connectivity index (χ0n) is 7.64. The van der Waals surface area contributed by atoms with Crippen LogP contribution in [-0.2, 0) is 0 Å². The highest BCUT2D eigenvalue weighted by Gasteiger charge is 2.12. The minimum atomic E-state index is 0.189. The van der Waals surface area contributed by atoms with Gasteiger partial charge in [0.05, 0.1) is 0 Å². The molecular formula is C10H16Mg. The van der Waals surface area contributed by atoms with E-state index in [0.717, 1.165) is 5.92 Å². The lowest BCUT2D eigenvalue weighted by molar-refractivity contribution is 0.983. The molecule has 0 aromatic heterocycles. The standard InChI is InChI=1S/C5H5.C4H8.CH3.Mg/c1-2-4-5-3-1;1-4-2-3-4;;/h1-3H,4H2;4H,2-3H2,1H3;1H3;. The average molecular weight is 161 g/mol. The predicted molar refractivity (Wildman–Crippen MR) is 51.9 cm³/mol. The van der Waals surface area contributed by atoms with E-state index in [2.05, 4.69) is 30.2 Å². The molecule has 1 fully saturated rings. The van der Waals surface area contributed by atoms with Gasteiger partial charge in [-0.3, -0.25) is 0 Å². The molecule has 1 heteroatoms. The maximum Gasteiger partial charge on any atom is 0.398 e. The maximum atomic E-state index is 2.33. The highest BCUT2D eigenvalue weighted by Crippen LogP contribution is 2.26. The van der Waals surface area contributed by atoms with Crippen molar-refractivity contribution in [1.82, 2.24) is 0 Å². The minimum absolute atomic E-state index is 0.189. The van der Waals surface area contributed by atoms with E-state index in [4.69, 9.17) is 0 Å². The van der Waals surface area contributed by atoms with Gasteiger partial charge in [0.25, 0.3) is 0 Å². The fourth-order valence-corrected chi connectivity index (χ4v) is 1.75. The summed E-state index contributed by atoms with van der Waals surface area (Å²) in [6.07, 6.45) is 10.9. The molecular weight excluding hydrogens is 144 g/mol. The molecule has 11 heavy (non-hydrogen) atoms. The number of hydrogen-bond acceptors (Lipinski definition) is 0. The Morgan fingerprint density at radius 2 is 2.09 bits per heavy atom. The first-order chi connectivity index (χ1) is 5.33. The first-order valence-corrected chi connectivity index (χ1v) is 6.79. The second-order valence-corrected chi connectivity index (χ2v) is 5.11. The van der Waals surface area contributed by atoms with Crippen LogP contribution in [0.15, 0.2) is 21.9 Å². The molecule has 2 aliphatic rings. The smallest absolute Gasteiger partial charge is 0.191 e. The van der Waals surface area contributed by atoms with Crippen molar-refractivity contribution in [2.75, 3.05) is 0 Å². The topological polar surface area (TPSA) is 0 Å². The summed E-state index contributed by atoms with van der Waals surface area (Å²) < 4.78 is 1.69. The molecule has 0 aliphatic heterocycles. The predicted octanol–water partition coefficient (Wildman–Crippen LogP) is 3.00. The highest BCUT2D eigenvalue weighted by molar-refractivity contribution is 6.43. The third-order valence-electron chi connectivity index (χ3n) is 2.17. The summed E-state index contributed by atoms with van der Waals surface area (Å²) in [5.41, 5.74) is 0. The molecule has 0 bridgehead atoms. The van der Waals surface area contributed by atoms with Crippen molar-refractivity contribution in [2.24, 2.45) is 5.92 Å². The summed E-state index contributed by atoms with van der Waals surface area (Å²) in [7, 11) is 0. The Balaban J connectivity index is 0.000000128. The summed E-state index contributed by atoms with van der Waals surface area (Å²) >= 11 is 0.189. The van der Waals surface area contributed by atoms with Crippen molar-refractivity contribution in [3.05, 3.63) is 21.9 Å². The van der Waals surface area contributed by atoms with Crippen molar-refractivity contribution >= 4 is 20.4 Å². The lowest BCUT2D eigenvalue weighted by Gasteiger charge is -1.87. The van der Waals surface area contributed by atoms with Gasteiger partial charge in [0.1, 0.15) is 0 Å². The van der Waals surface area contributed by atoms with Gasteiger partial charge in [0, 0.05) is 0 Å². The molecule has 0 atom stereocenters. The molecule has 0 saturated heterocycles. The first-order valence-electron chi connectivity index (χ1n) is 4.67. The highest BCUT2D eigenvalue weighted by atomic mass is 24.5. The molecule has 0 aromatic carbocycles. The van der Waals surface area contributed by atoms with Crippen LogP contribution in [-0.4, -0.2) is 20.4 Å². The second kappa shape index (κ2) is 4.99. The van der Waals surface area contributed by atoms with E-state index in [1.807, 2.05) is 0 Å². The number of rotatable bonds is 1. The van der Waals surface area contributed by atoms with Crippen LogP contribution in [0, 0.1) is 5.92 Å². The molecule has 0 spiro atoms. The molecule has 0 unspecified atom stereocenters. The number of allylic oxidation sites excluding steroid dienone is 4. The average Bonchev–Trinajstić information content (AvgIpc) is 2.66. The van der Waals surface area contributed by atoms with Crippen LogP contribution in [0.1, 0.15) is 26.2 Å². The van der Waals surface area contributed by atoms with Crippen LogP contribution in [0.4, 0.5) is 0 Å². The van der Waals surface area contributed by atoms with E-state index in [1.54, 1.807) is 3.70 Å². The third kappa shape index (κ3) is 4.65. The van der Waals surface area contributed by atoms with Gasteiger partial charge < -0.3 is 0 Å². The Hall–Kier alpha value is 0.246. The molecule has 58 valence electrons. The van der Waals surface area contributed by atoms with Gasteiger partial charge in [-0.25, -0.2) is 0 Å². The molecule has 0 nitrogen and oxygen atoms in total. The molecule has 0 amide bonds. The fourth-order valence-electron chi connectivity index (χ4n) is 0.920. The largest absolute Gasteiger partial charge is 0.398 e. The van der Waals surface area contributed by atoms with Crippen molar-refractivity contribution < 1.29 is 0 Å². The molecule has 0 radical (unpaired) electrons. The summed E-state index contributed by atoms with van der Waals surface area (Å²) in [6, 6.07) is 0. The second-order valence-electron chi connectivity index (χ2n) is 3.49. The maximum absolute atomic E-state index is 2.33. The third-order valence-corrected chi connectivity index (χ3v) is 3.60. The van der Waals surface area contributed by atoms with Gasteiger partial charge in [-0.2, -0.15) is 8.76 Å². The zero-order chi connectivity index (χ0) is 8.10. The van der Waals surface area contributed by atoms with E-state index < -0.39 is 0 Å². The summed E-state index contributed by atoms with van der Waals surface area (Å²) in [6.45, 7) is 2.28. The Kier molecular flexibility index (Phi) is 4.24. The van der Waals surface area contributed by atoms with E-state index in [9.17, 15) is 0 Å². The summed E-state index contributed by atoms with van der Waals surface area (Å²) in [5.74, 6) is 1.08. The van der Waals surface area contributed by atoms with E-state index in [1.165, 1.54) is 19.3 Å². The van der Waals surface area contributed by atoms with Gasteiger partial charge >= 0.3 is 20.4 Å². The van der Waals surface area contributed by atoms with Crippen LogP contribution >= 0.6 is 0 Å². The van der Waals surface area contributed by atoms with Gasteiger partial charge in [0.2, 0.25) is 0 Å². The molecule has 2 aliphatic carbocycles.